The quantitative estimate of drug-likeness (QED) is 0.233. The SMILES string of the molecule is C=C(C)C(=O)OCC(C=O)C(=O)Oc1ccc(Br)cc1Br. The van der Waals surface area contributed by atoms with E-state index in [0.29, 0.717) is 10.8 Å². The molecule has 0 amide bonds. The van der Waals surface area contributed by atoms with E-state index in [2.05, 4.69) is 38.4 Å². The van der Waals surface area contributed by atoms with Gasteiger partial charge in [-0.3, -0.25) is 4.79 Å². The maximum absolute atomic E-state index is 11.9. The fourth-order valence-electron chi connectivity index (χ4n) is 1.19. The molecule has 0 aliphatic heterocycles. The van der Waals surface area contributed by atoms with Crippen LogP contribution >= 0.6 is 31.9 Å². The molecule has 0 saturated heterocycles. The van der Waals surface area contributed by atoms with Gasteiger partial charge < -0.3 is 14.3 Å². The second-order valence-corrected chi connectivity index (χ2v) is 5.89. The van der Waals surface area contributed by atoms with E-state index in [9.17, 15) is 14.4 Å². The average molecular weight is 420 g/mol. The lowest BCUT2D eigenvalue weighted by atomic mass is 10.2. The Bertz CT molecular complexity index is 583. The van der Waals surface area contributed by atoms with Crippen LogP contribution < -0.4 is 4.74 Å². The van der Waals surface area contributed by atoms with Crippen LogP contribution in [0.1, 0.15) is 6.92 Å². The zero-order valence-corrected chi connectivity index (χ0v) is 14.3. The predicted octanol–water partition coefficient (Wildman–Crippen LogP) is 3.05. The fourth-order valence-corrected chi connectivity index (χ4v) is 2.32. The molecule has 0 N–H and O–H groups in total. The van der Waals surface area contributed by atoms with Gasteiger partial charge in [0.25, 0.3) is 0 Å². The third kappa shape index (κ3) is 5.43. The van der Waals surface area contributed by atoms with E-state index in [-0.39, 0.29) is 17.9 Å². The van der Waals surface area contributed by atoms with Gasteiger partial charge in [-0.25, -0.2) is 4.79 Å². The fraction of sp³-hybridized carbons (Fsp3) is 0.214. The number of ether oxygens (including phenoxy) is 2. The molecular weight excluding hydrogens is 408 g/mol. The van der Waals surface area contributed by atoms with Crippen LogP contribution in [0.15, 0.2) is 39.3 Å². The molecule has 0 spiro atoms. The summed E-state index contributed by atoms with van der Waals surface area (Å²) in [4.78, 5) is 34.0. The average Bonchev–Trinajstić information content (AvgIpc) is 2.42. The lowest BCUT2D eigenvalue weighted by Crippen LogP contribution is -2.27. The Kier molecular flexibility index (Phi) is 6.77. The summed E-state index contributed by atoms with van der Waals surface area (Å²) in [5, 5.41) is 0. The van der Waals surface area contributed by atoms with Crippen molar-refractivity contribution in [2.45, 2.75) is 6.92 Å². The molecule has 0 fully saturated rings. The Morgan fingerprint density at radius 3 is 2.57 bits per heavy atom. The molecule has 0 aromatic heterocycles. The van der Waals surface area contributed by atoms with E-state index in [1.54, 1.807) is 18.2 Å². The molecule has 0 radical (unpaired) electrons. The van der Waals surface area contributed by atoms with Crippen LogP contribution in [0.5, 0.6) is 5.75 Å². The minimum atomic E-state index is -1.19. The molecule has 7 heteroatoms. The number of esters is 2. The van der Waals surface area contributed by atoms with Crippen LogP contribution in [0, 0.1) is 5.92 Å². The number of benzene rings is 1. The van der Waals surface area contributed by atoms with Crippen LogP contribution in [0.4, 0.5) is 0 Å². The zero-order valence-electron chi connectivity index (χ0n) is 11.1. The Hall–Kier alpha value is -1.47. The Morgan fingerprint density at radius 1 is 1.38 bits per heavy atom. The van der Waals surface area contributed by atoms with E-state index in [1.165, 1.54) is 6.92 Å². The molecule has 1 aromatic rings. The molecule has 0 saturated carbocycles. The lowest BCUT2D eigenvalue weighted by Gasteiger charge is -2.12. The van der Waals surface area contributed by atoms with Crippen molar-refractivity contribution in [1.82, 2.24) is 0 Å². The van der Waals surface area contributed by atoms with E-state index in [1.807, 2.05) is 0 Å². The predicted molar refractivity (Wildman–Crippen MR) is 82.8 cm³/mol. The highest BCUT2D eigenvalue weighted by Gasteiger charge is 2.23. The first-order chi connectivity index (χ1) is 9.85. The van der Waals surface area contributed by atoms with Crippen LogP contribution in [0.3, 0.4) is 0 Å². The van der Waals surface area contributed by atoms with Crippen molar-refractivity contribution in [3.05, 3.63) is 39.3 Å². The van der Waals surface area contributed by atoms with Crippen molar-refractivity contribution in [1.29, 1.82) is 0 Å². The van der Waals surface area contributed by atoms with Gasteiger partial charge in [-0.05, 0) is 41.1 Å². The van der Waals surface area contributed by atoms with E-state index >= 15 is 0 Å². The third-order valence-corrected chi connectivity index (χ3v) is 3.43. The topological polar surface area (TPSA) is 69.7 Å². The maximum Gasteiger partial charge on any atom is 0.333 e. The van der Waals surface area contributed by atoms with Crippen LogP contribution in [-0.2, 0) is 19.1 Å². The summed E-state index contributed by atoms with van der Waals surface area (Å²) in [6, 6.07) is 4.94. The number of aldehydes is 1. The number of halogens is 2. The summed E-state index contributed by atoms with van der Waals surface area (Å²) in [7, 11) is 0. The van der Waals surface area contributed by atoms with Crippen molar-refractivity contribution in [2.75, 3.05) is 6.61 Å². The molecule has 5 nitrogen and oxygen atoms in total. The van der Waals surface area contributed by atoms with Gasteiger partial charge in [0.05, 0.1) is 4.47 Å². The molecule has 0 aliphatic rings. The molecule has 1 rings (SSSR count). The van der Waals surface area contributed by atoms with Crippen molar-refractivity contribution < 1.29 is 23.9 Å². The highest BCUT2D eigenvalue weighted by Crippen LogP contribution is 2.28. The van der Waals surface area contributed by atoms with E-state index in [0.717, 1.165) is 4.47 Å². The van der Waals surface area contributed by atoms with Gasteiger partial charge in [0.1, 0.15) is 24.6 Å². The Balaban J connectivity index is 2.69. The summed E-state index contributed by atoms with van der Waals surface area (Å²) < 4.78 is 11.2. The molecule has 0 heterocycles. The number of hydrogen-bond donors (Lipinski definition) is 0. The minimum Gasteiger partial charge on any atom is -0.461 e. The van der Waals surface area contributed by atoms with Gasteiger partial charge in [-0.1, -0.05) is 22.5 Å². The maximum atomic E-state index is 11.9. The smallest absolute Gasteiger partial charge is 0.333 e. The second kappa shape index (κ2) is 8.09. The van der Waals surface area contributed by atoms with Gasteiger partial charge in [-0.2, -0.15) is 0 Å². The van der Waals surface area contributed by atoms with Crippen LogP contribution in [-0.4, -0.2) is 24.8 Å². The van der Waals surface area contributed by atoms with Crippen molar-refractivity contribution in [2.24, 2.45) is 5.92 Å². The normalized spacial score (nSPS) is 11.4. The first kappa shape index (κ1) is 17.6. The van der Waals surface area contributed by atoms with Crippen LogP contribution in [0.25, 0.3) is 0 Å². The standard InChI is InChI=1S/C14H12Br2O5/c1-8(2)13(18)20-7-9(6-17)14(19)21-12-4-3-10(15)5-11(12)16/h3-6,9H,1,7H2,2H3. The Morgan fingerprint density at radius 2 is 2.05 bits per heavy atom. The first-order valence-electron chi connectivity index (χ1n) is 5.79. The van der Waals surface area contributed by atoms with Crippen molar-refractivity contribution in [3.63, 3.8) is 0 Å². The van der Waals surface area contributed by atoms with Crippen molar-refractivity contribution in [3.8, 4) is 5.75 Å². The highest BCUT2D eigenvalue weighted by atomic mass is 79.9. The minimum absolute atomic E-state index is 0.184. The Labute approximate surface area is 138 Å². The molecular formula is C14H12Br2O5. The number of carbonyl (C=O) groups excluding carboxylic acids is 3. The zero-order chi connectivity index (χ0) is 16.0. The molecule has 21 heavy (non-hydrogen) atoms. The molecule has 1 unspecified atom stereocenters. The van der Waals surface area contributed by atoms with Gasteiger partial charge in [-0.15, -0.1) is 0 Å². The number of hydrogen-bond acceptors (Lipinski definition) is 5. The highest BCUT2D eigenvalue weighted by molar-refractivity contribution is 9.11. The van der Waals surface area contributed by atoms with Crippen molar-refractivity contribution >= 4 is 50.1 Å². The summed E-state index contributed by atoms with van der Waals surface area (Å²) in [6.07, 6.45) is 0.376. The van der Waals surface area contributed by atoms with Gasteiger partial charge in [0.15, 0.2) is 0 Å². The van der Waals surface area contributed by atoms with E-state index in [4.69, 9.17) is 9.47 Å². The van der Waals surface area contributed by atoms with Gasteiger partial charge in [0.2, 0.25) is 0 Å². The molecule has 0 bridgehead atoms. The lowest BCUT2D eigenvalue weighted by molar-refractivity contribution is -0.148. The summed E-state index contributed by atoms with van der Waals surface area (Å²) in [6.45, 7) is 4.48. The molecule has 1 atom stereocenters. The number of rotatable bonds is 6. The molecule has 112 valence electrons. The summed E-state index contributed by atoms with van der Waals surface area (Å²) >= 11 is 6.50. The van der Waals surface area contributed by atoms with Gasteiger partial charge >= 0.3 is 11.9 Å². The summed E-state index contributed by atoms with van der Waals surface area (Å²) in [5.41, 5.74) is 0.184. The molecule has 1 aromatic carbocycles. The second-order valence-electron chi connectivity index (χ2n) is 4.12. The summed E-state index contributed by atoms with van der Waals surface area (Å²) in [5.74, 6) is -2.40. The molecule has 0 aliphatic carbocycles. The van der Waals surface area contributed by atoms with Crippen LogP contribution in [0.2, 0.25) is 0 Å². The van der Waals surface area contributed by atoms with E-state index < -0.39 is 17.9 Å². The third-order valence-electron chi connectivity index (χ3n) is 2.31. The van der Waals surface area contributed by atoms with Gasteiger partial charge in [0, 0.05) is 10.0 Å². The largest absolute Gasteiger partial charge is 0.461 e. The number of carbonyl (C=O) groups is 3. The first-order valence-corrected chi connectivity index (χ1v) is 7.38. The monoisotopic (exact) mass is 418 g/mol.